The Bertz CT molecular complexity index is 505. The molecule has 2 rings (SSSR count). The van der Waals surface area contributed by atoms with E-state index in [1.165, 1.54) is 11.1 Å². The first-order valence-electron chi connectivity index (χ1n) is 5.62. The van der Waals surface area contributed by atoms with Crippen LogP contribution in [0.2, 0.25) is 0 Å². The smallest absolute Gasteiger partial charge is 0.243 e. The molecule has 0 aliphatic rings. The number of hydrogen-bond donors (Lipinski definition) is 1. The Morgan fingerprint density at radius 3 is 2.29 bits per heavy atom. The van der Waals surface area contributed by atoms with Crippen molar-refractivity contribution in [1.82, 2.24) is 15.2 Å². The van der Waals surface area contributed by atoms with Gasteiger partial charge in [-0.25, -0.2) is 4.98 Å². The van der Waals surface area contributed by atoms with Gasteiger partial charge >= 0.3 is 0 Å². The molecule has 17 heavy (non-hydrogen) atoms. The van der Waals surface area contributed by atoms with E-state index < -0.39 is 0 Å². The molecule has 0 aliphatic carbocycles. The summed E-state index contributed by atoms with van der Waals surface area (Å²) < 4.78 is 0. The van der Waals surface area contributed by atoms with Crippen LogP contribution in [0.1, 0.15) is 22.5 Å². The van der Waals surface area contributed by atoms with Crippen LogP contribution in [0.15, 0.2) is 24.3 Å². The summed E-state index contributed by atoms with van der Waals surface area (Å²) in [7, 11) is 0. The Morgan fingerprint density at radius 2 is 1.65 bits per heavy atom. The van der Waals surface area contributed by atoms with E-state index >= 15 is 0 Å². The largest absolute Gasteiger partial charge is 0.349 e. The zero-order chi connectivity index (χ0) is 12.3. The van der Waals surface area contributed by atoms with E-state index in [-0.39, 0.29) is 0 Å². The molecule has 1 aromatic heterocycles. The van der Waals surface area contributed by atoms with Crippen LogP contribution in [-0.2, 0) is 6.54 Å². The maximum atomic E-state index is 4.32. The maximum absolute atomic E-state index is 4.32. The van der Waals surface area contributed by atoms with E-state index in [0.29, 0.717) is 12.5 Å². The number of aromatic nitrogens is 3. The van der Waals surface area contributed by atoms with Crippen LogP contribution in [0.25, 0.3) is 0 Å². The molecule has 0 fully saturated rings. The summed E-state index contributed by atoms with van der Waals surface area (Å²) in [5, 5.41) is 11.2. The van der Waals surface area contributed by atoms with Crippen LogP contribution in [0.4, 0.5) is 5.95 Å². The van der Waals surface area contributed by atoms with Gasteiger partial charge < -0.3 is 5.32 Å². The van der Waals surface area contributed by atoms with Gasteiger partial charge in [-0.3, -0.25) is 0 Å². The Balaban J connectivity index is 2.02. The lowest BCUT2D eigenvalue weighted by Crippen LogP contribution is -2.06. The van der Waals surface area contributed by atoms with Crippen molar-refractivity contribution in [1.29, 1.82) is 0 Å². The second kappa shape index (κ2) is 4.91. The quantitative estimate of drug-likeness (QED) is 0.876. The lowest BCUT2D eigenvalue weighted by Gasteiger charge is -2.06. The van der Waals surface area contributed by atoms with Crippen LogP contribution in [0.5, 0.6) is 0 Å². The van der Waals surface area contributed by atoms with Gasteiger partial charge in [0.25, 0.3) is 0 Å². The van der Waals surface area contributed by atoms with Crippen LogP contribution >= 0.6 is 0 Å². The fourth-order valence-corrected chi connectivity index (χ4v) is 1.42. The molecule has 0 unspecified atom stereocenters. The van der Waals surface area contributed by atoms with Crippen molar-refractivity contribution in [3.8, 4) is 0 Å². The number of aryl methyl sites for hydroxylation is 3. The third-order valence-electron chi connectivity index (χ3n) is 2.66. The molecule has 1 N–H and O–H groups in total. The van der Waals surface area contributed by atoms with Gasteiger partial charge in [-0.2, -0.15) is 5.10 Å². The molecule has 4 nitrogen and oxygen atoms in total. The highest BCUT2D eigenvalue weighted by atomic mass is 15.2. The summed E-state index contributed by atoms with van der Waals surface area (Å²) in [4.78, 5) is 4.32. The predicted molar refractivity (Wildman–Crippen MR) is 67.8 cm³/mol. The molecule has 2 aromatic rings. The highest BCUT2D eigenvalue weighted by Gasteiger charge is 2.00. The van der Waals surface area contributed by atoms with Gasteiger partial charge in [0.2, 0.25) is 5.95 Å². The summed E-state index contributed by atoms with van der Waals surface area (Å²) >= 11 is 0. The molecule has 1 heterocycles. The summed E-state index contributed by atoms with van der Waals surface area (Å²) in [6.07, 6.45) is 0. The lowest BCUT2D eigenvalue weighted by atomic mass is 10.1. The molecule has 0 amide bonds. The number of hydrogen-bond acceptors (Lipinski definition) is 4. The summed E-state index contributed by atoms with van der Waals surface area (Å²) in [5.41, 5.74) is 4.24. The van der Waals surface area contributed by atoms with Crippen molar-refractivity contribution < 1.29 is 0 Å². The maximum Gasteiger partial charge on any atom is 0.243 e. The second-order valence-corrected chi connectivity index (χ2v) is 4.15. The minimum absolute atomic E-state index is 0.577. The summed E-state index contributed by atoms with van der Waals surface area (Å²) in [5.74, 6) is 0.577. The van der Waals surface area contributed by atoms with E-state index in [4.69, 9.17) is 0 Å². The van der Waals surface area contributed by atoms with Crippen molar-refractivity contribution in [2.45, 2.75) is 27.3 Å². The zero-order valence-electron chi connectivity index (χ0n) is 10.4. The fourth-order valence-electron chi connectivity index (χ4n) is 1.42. The topological polar surface area (TPSA) is 50.7 Å². The Kier molecular flexibility index (Phi) is 3.32. The molecule has 88 valence electrons. The van der Waals surface area contributed by atoms with Gasteiger partial charge in [-0.1, -0.05) is 29.8 Å². The highest BCUT2D eigenvalue weighted by Crippen LogP contribution is 2.06. The van der Waals surface area contributed by atoms with Gasteiger partial charge in [0.1, 0.15) is 0 Å². The van der Waals surface area contributed by atoms with E-state index in [1.54, 1.807) is 0 Å². The molecule has 4 heteroatoms. The molecule has 1 aromatic carbocycles. The number of nitrogens with zero attached hydrogens (tertiary/aromatic N) is 3. The SMILES string of the molecule is Cc1ccc(CNc2nnc(C)c(C)n2)cc1. The highest BCUT2D eigenvalue weighted by molar-refractivity contribution is 5.29. The minimum Gasteiger partial charge on any atom is -0.349 e. The van der Waals surface area contributed by atoms with Crippen LogP contribution < -0.4 is 5.32 Å². The average Bonchev–Trinajstić information content (AvgIpc) is 2.33. The first kappa shape index (κ1) is 11.5. The molecule has 0 saturated carbocycles. The zero-order valence-corrected chi connectivity index (χ0v) is 10.4. The number of nitrogens with one attached hydrogen (secondary N) is 1. The summed E-state index contributed by atoms with van der Waals surface area (Å²) in [6, 6.07) is 8.38. The Labute approximate surface area is 101 Å². The van der Waals surface area contributed by atoms with Crippen LogP contribution in [0, 0.1) is 20.8 Å². The fraction of sp³-hybridized carbons (Fsp3) is 0.308. The molecule has 0 aliphatic heterocycles. The Hall–Kier alpha value is -1.97. The van der Waals surface area contributed by atoms with Crippen molar-refractivity contribution in [3.63, 3.8) is 0 Å². The van der Waals surface area contributed by atoms with Crippen molar-refractivity contribution in [3.05, 3.63) is 46.8 Å². The second-order valence-electron chi connectivity index (χ2n) is 4.15. The third kappa shape index (κ3) is 3.00. The molecule has 0 saturated heterocycles. The van der Waals surface area contributed by atoms with E-state index in [0.717, 1.165) is 11.4 Å². The number of anilines is 1. The Morgan fingerprint density at radius 1 is 0.941 bits per heavy atom. The third-order valence-corrected chi connectivity index (χ3v) is 2.66. The van der Waals surface area contributed by atoms with Crippen LogP contribution in [0.3, 0.4) is 0 Å². The number of rotatable bonds is 3. The average molecular weight is 228 g/mol. The lowest BCUT2D eigenvalue weighted by molar-refractivity contribution is 0.885. The molecular formula is C13H16N4. The van der Waals surface area contributed by atoms with Crippen molar-refractivity contribution in [2.24, 2.45) is 0 Å². The standard InChI is InChI=1S/C13H16N4/c1-9-4-6-12(7-5-9)8-14-13-15-10(2)11(3)16-17-13/h4-7H,8H2,1-3H3,(H,14,15,17). The van der Waals surface area contributed by atoms with E-state index in [9.17, 15) is 0 Å². The van der Waals surface area contributed by atoms with Gasteiger partial charge in [-0.15, -0.1) is 5.10 Å². The summed E-state index contributed by atoms with van der Waals surface area (Å²) in [6.45, 7) is 6.62. The molecule has 0 bridgehead atoms. The first-order valence-corrected chi connectivity index (χ1v) is 5.62. The molecule has 0 atom stereocenters. The molecule has 0 radical (unpaired) electrons. The number of benzene rings is 1. The van der Waals surface area contributed by atoms with E-state index in [1.807, 2.05) is 13.8 Å². The van der Waals surface area contributed by atoms with Crippen molar-refractivity contribution >= 4 is 5.95 Å². The van der Waals surface area contributed by atoms with Crippen LogP contribution in [-0.4, -0.2) is 15.2 Å². The predicted octanol–water partition coefficient (Wildman–Crippen LogP) is 2.41. The minimum atomic E-state index is 0.577. The normalized spacial score (nSPS) is 10.3. The van der Waals surface area contributed by atoms with Crippen molar-refractivity contribution in [2.75, 3.05) is 5.32 Å². The van der Waals surface area contributed by atoms with Gasteiger partial charge in [-0.05, 0) is 26.3 Å². The molecular weight excluding hydrogens is 212 g/mol. The first-order chi connectivity index (χ1) is 8.15. The molecule has 0 spiro atoms. The van der Waals surface area contributed by atoms with Gasteiger partial charge in [0.15, 0.2) is 0 Å². The van der Waals surface area contributed by atoms with E-state index in [2.05, 4.69) is 51.7 Å². The monoisotopic (exact) mass is 228 g/mol. The van der Waals surface area contributed by atoms with Gasteiger partial charge in [0.05, 0.1) is 11.4 Å². The van der Waals surface area contributed by atoms with Gasteiger partial charge in [0, 0.05) is 6.54 Å².